The number of rotatable bonds is 9. The second kappa shape index (κ2) is 11.1. The number of halogens is 1. The number of carbonyl (C=O) groups excluding carboxylic acids is 1. The summed E-state index contributed by atoms with van der Waals surface area (Å²) in [4.78, 5) is 26.5. The summed E-state index contributed by atoms with van der Waals surface area (Å²) in [6.45, 7) is 12.6. The van der Waals surface area contributed by atoms with Crippen molar-refractivity contribution < 1.29 is 4.79 Å². The molecule has 2 rings (SSSR count). The molecule has 6 heteroatoms. The van der Waals surface area contributed by atoms with Crippen molar-refractivity contribution in [3.05, 3.63) is 17.0 Å². The number of likely N-dealkylation sites (N-methyl/N-ethyl adjacent to an activating group) is 1. The minimum atomic E-state index is 0.126. The first-order chi connectivity index (χ1) is 13.7. The van der Waals surface area contributed by atoms with Crippen molar-refractivity contribution in [1.29, 1.82) is 0 Å². The summed E-state index contributed by atoms with van der Waals surface area (Å²) < 4.78 is 0. The van der Waals surface area contributed by atoms with Crippen LogP contribution in [0.4, 0.5) is 5.82 Å². The Bertz CT molecular complexity index is 654. The maximum Gasteiger partial charge on any atom is 0.226 e. The number of anilines is 1. The van der Waals surface area contributed by atoms with Gasteiger partial charge < -0.3 is 9.80 Å². The zero-order chi connectivity index (χ0) is 21.6. The van der Waals surface area contributed by atoms with E-state index in [2.05, 4.69) is 61.4 Å². The topological polar surface area (TPSA) is 49.3 Å². The normalized spacial score (nSPS) is 17.4. The Morgan fingerprint density at radius 1 is 1.21 bits per heavy atom. The van der Waals surface area contributed by atoms with Crippen molar-refractivity contribution in [2.24, 2.45) is 17.8 Å². The SMILES string of the molecule is CCc1c(Cl)ncnc1N(C)C[C@@H]1CCCCN1C(=O)C(CC(C)C)CC(C)C. The van der Waals surface area contributed by atoms with Crippen molar-refractivity contribution in [2.45, 2.75) is 79.2 Å². The van der Waals surface area contributed by atoms with Crippen LogP contribution in [0, 0.1) is 17.8 Å². The summed E-state index contributed by atoms with van der Waals surface area (Å²) in [7, 11) is 2.05. The average molecular weight is 423 g/mol. The number of carbonyl (C=O) groups is 1. The smallest absolute Gasteiger partial charge is 0.226 e. The third kappa shape index (κ3) is 6.56. The van der Waals surface area contributed by atoms with Crippen molar-refractivity contribution in [1.82, 2.24) is 14.9 Å². The van der Waals surface area contributed by atoms with Gasteiger partial charge in [-0.3, -0.25) is 4.79 Å². The molecule has 1 aromatic rings. The van der Waals surface area contributed by atoms with E-state index in [4.69, 9.17) is 11.6 Å². The molecule has 0 unspecified atom stereocenters. The van der Waals surface area contributed by atoms with Gasteiger partial charge in [0.1, 0.15) is 17.3 Å². The quantitative estimate of drug-likeness (QED) is 0.512. The van der Waals surface area contributed by atoms with Crippen LogP contribution < -0.4 is 4.90 Å². The van der Waals surface area contributed by atoms with E-state index in [0.29, 0.717) is 22.9 Å². The molecule has 1 aliphatic rings. The van der Waals surface area contributed by atoms with E-state index < -0.39 is 0 Å². The van der Waals surface area contributed by atoms with Crippen LogP contribution in [0.15, 0.2) is 6.33 Å². The zero-order valence-electron chi connectivity index (χ0n) is 19.1. The Morgan fingerprint density at radius 2 is 1.86 bits per heavy atom. The second-order valence-electron chi connectivity index (χ2n) is 9.34. The van der Waals surface area contributed by atoms with Gasteiger partial charge in [-0.15, -0.1) is 0 Å². The van der Waals surface area contributed by atoms with Crippen molar-refractivity contribution >= 4 is 23.3 Å². The van der Waals surface area contributed by atoms with E-state index in [9.17, 15) is 4.79 Å². The lowest BCUT2D eigenvalue weighted by Crippen LogP contribution is -2.51. The summed E-state index contributed by atoms with van der Waals surface area (Å²) in [5.41, 5.74) is 0.975. The van der Waals surface area contributed by atoms with Crippen molar-refractivity contribution in [2.75, 3.05) is 25.0 Å². The largest absolute Gasteiger partial charge is 0.357 e. The molecule has 0 saturated carbocycles. The molecule has 1 fully saturated rings. The number of aromatic nitrogens is 2. The van der Waals surface area contributed by atoms with Crippen LogP contribution in [0.1, 0.15) is 72.3 Å². The van der Waals surface area contributed by atoms with Gasteiger partial charge in [0.2, 0.25) is 5.91 Å². The molecule has 2 heterocycles. The van der Waals surface area contributed by atoms with Gasteiger partial charge in [0.25, 0.3) is 0 Å². The monoisotopic (exact) mass is 422 g/mol. The fourth-order valence-corrected chi connectivity index (χ4v) is 4.83. The molecule has 0 aromatic carbocycles. The van der Waals surface area contributed by atoms with E-state index in [0.717, 1.165) is 56.6 Å². The zero-order valence-corrected chi connectivity index (χ0v) is 19.9. The molecule has 1 aliphatic heterocycles. The molecular weight excluding hydrogens is 384 g/mol. The van der Waals surface area contributed by atoms with Crippen molar-refractivity contribution in [3.8, 4) is 0 Å². The van der Waals surface area contributed by atoms with Crippen LogP contribution in [-0.2, 0) is 11.2 Å². The summed E-state index contributed by atoms with van der Waals surface area (Å²) in [6.07, 6.45) is 7.57. The van der Waals surface area contributed by atoms with Gasteiger partial charge in [0.05, 0.1) is 0 Å². The molecule has 1 atom stereocenters. The molecule has 1 aromatic heterocycles. The summed E-state index contributed by atoms with van der Waals surface area (Å²) in [6, 6.07) is 0.224. The van der Waals surface area contributed by atoms with Gasteiger partial charge >= 0.3 is 0 Å². The summed E-state index contributed by atoms with van der Waals surface area (Å²) in [5.74, 6) is 2.42. The van der Waals surface area contributed by atoms with Crippen LogP contribution in [0.5, 0.6) is 0 Å². The lowest BCUT2D eigenvalue weighted by atomic mass is 9.87. The van der Waals surface area contributed by atoms with Gasteiger partial charge in [-0.05, 0) is 50.4 Å². The Kier molecular flexibility index (Phi) is 9.19. The van der Waals surface area contributed by atoms with Crippen molar-refractivity contribution in [3.63, 3.8) is 0 Å². The molecule has 5 nitrogen and oxygen atoms in total. The summed E-state index contributed by atoms with van der Waals surface area (Å²) >= 11 is 6.29. The van der Waals surface area contributed by atoms with E-state index in [1.165, 1.54) is 12.7 Å². The van der Waals surface area contributed by atoms with Gasteiger partial charge in [0, 0.05) is 37.7 Å². The Morgan fingerprint density at radius 3 is 2.45 bits per heavy atom. The first-order valence-electron chi connectivity index (χ1n) is 11.3. The summed E-state index contributed by atoms with van der Waals surface area (Å²) in [5, 5.41) is 0.523. The molecule has 0 aliphatic carbocycles. The minimum absolute atomic E-state index is 0.126. The molecule has 1 amide bonds. The highest BCUT2D eigenvalue weighted by Gasteiger charge is 2.33. The lowest BCUT2D eigenvalue weighted by Gasteiger charge is -2.40. The minimum Gasteiger partial charge on any atom is -0.357 e. The molecule has 29 heavy (non-hydrogen) atoms. The maximum absolute atomic E-state index is 13.5. The highest BCUT2D eigenvalue weighted by Crippen LogP contribution is 2.29. The number of hydrogen-bond donors (Lipinski definition) is 0. The van der Waals surface area contributed by atoms with E-state index in [1.54, 1.807) is 0 Å². The van der Waals surface area contributed by atoms with Crippen LogP contribution in [0.25, 0.3) is 0 Å². The first-order valence-corrected chi connectivity index (χ1v) is 11.6. The Balaban J connectivity index is 2.18. The molecular formula is C23H39ClN4O. The van der Waals surface area contributed by atoms with E-state index >= 15 is 0 Å². The molecule has 0 N–H and O–H groups in total. The van der Waals surface area contributed by atoms with Gasteiger partial charge in [0.15, 0.2) is 0 Å². The number of piperidine rings is 1. The standard InChI is InChI=1S/C23H39ClN4O/c1-7-20-21(24)25-15-26-22(20)27(6)14-19-10-8-9-11-28(19)23(29)18(12-16(2)3)13-17(4)5/h15-19H,7-14H2,1-6H3/t19-/m0/s1. The highest BCUT2D eigenvalue weighted by atomic mass is 35.5. The van der Waals surface area contributed by atoms with Crippen LogP contribution in [-0.4, -0.2) is 47.0 Å². The molecule has 0 bridgehead atoms. The Labute approximate surface area is 182 Å². The van der Waals surface area contributed by atoms with Crippen LogP contribution in [0.3, 0.4) is 0 Å². The van der Waals surface area contributed by atoms with Crippen LogP contribution >= 0.6 is 11.6 Å². The molecule has 0 radical (unpaired) electrons. The van der Waals surface area contributed by atoms with Gasteiger partial charge in [-0.1, -0.05) is 46.2 Å². The predicted molar refractivity (Wildman–Crippen MR) is 121 cm³/mol. The third-order valence-corrected chi connectivity index (χ3v) is 6.17. The molecule has 0 spiro atoms. The lowest BCUT2D eigenvalue weighted by molar-refractivity contribution is -0.140. The van der Waals surface area contributed by atoms with E-state index in [-0.39, 0.29) is 12.0 Å². The fourth-order valence-electron chi connectivity index (χ4n) is 4.57. The third-order valence-electron chi connectivity index (χ3n) is 5.84. The number of hydrogen-bond acceptors (Lipinski definition) is 4. The number of amides is 1. The second-order valence-corrected chi connectivity index (χ2v) is 9.70. The van der Waals surface area contributed by atoms with Gasteiger partial charge in [-0.25, -0.2) is 9.97 Å². The highest BCUT2D eigenvalue weighted by molar-refractivity contribution is 6.30. The Hall–Kier alpha value is -1.36. The fraction of sp³-hybridized carbons (Fsp3) is 0.783. The number of nitrogens with zero attached hydrogens (tertiary/aromatic N) is 4. The van der Waals surface area contributed by atoms with Crippen LogP contribution in [0.2, 0.25) is 5.15 Å². The van der Waals surface area contributed by atoms with Gasteiger partial charge in [-0.2, -0.15) is 0 Å². The number of likely N-dealkylation sites (tertiary alicyclic amines) is 1. The maximum atomic E-state index is 13.5. The first kappa shape index (κ1) is 23.9. The predicted octanol–water partition coefficient (Wildman–Crippen LogP) is 5.22. The molecule has 164 valence electrons. The van der Waals surface area contributed by atoms with E-state index in [1.807, 2.05) is 0 Å². The molecule has 1 saturated heterocycles. The average Bonchev–Trinajstić information content (AvgIpc) is 2.66.